The maximum atomic E-state index is 13.2. The van der Waals surface area contributed by atoms with E-state index in [1.54, 1.807) is 0 Å². The highest BCUT2D eigenvalue weighted by Gasteiger charge is 2.22. The van der Waals surface area contributed by atoms with Gasteiger partial charge in [0.25, 0.3) is 0 Å². The molecule has 0 heterocycles. The van der Waals surface area contributed by atoms with Gasteiger partial charge in [0.1, 0.15) is 16.1 Å². The third kappa shape index (κ3) is 17.2. The first-order valence-corrected chi connectivity index (χ1v) is 37.7. The molecule has 0 aliphatic heterocycles. The zero-order chi connectivity index (χ0) is 62.2. The molecule has 9 rings (SSSR count). The van der Waals surface area contributed by atoms with Crippen molar-refractivity contribution < 1.29 is 19.8 Å². The summed E-state index contributed by atoms with van der Waals surface area (Å²) in [6, 6.07) is 55.8. The van der Waals surface area contributed by atoms with Crippen LogP contribution in [0.1, 0.15) is 143 Å². The van der Waals surface area contributed by atoms with Gasteiger partial charge in [-0.2, -0.15) is 0 Å². The Balaban J connectivity index is 0.938. The van der Waals surface area contributed by atoms with Gasteiger partial charge in [0.05, 0.1) is 11.1 Å². The van der Waals surface area contributed by atoms with Crippen molar-refractivity contribution in [2.75, 3.05) is 0 Å². The lowest BCUT2D eigenvalue weighted by Gasteiger charge is -2.14. The van der Waals surface area contributed by atoms with Gasteiger partial charge < -0.3 is 10.2 Å². The Morgan fingerprint density at radius 1 is 0.318 bits per heavy atom. The van der Waals surface area contributed by atoms with E-state index < -0.39 is 28.1 Å². The van der Waals surface area contributed by atoms with Crippen molar-refractivity contribution in [1.29, 1.82) is 0 Å². The van der Waals surface area contributed by atoms with Gasteiger partial charge in [-0.05, 0) is 188 Å². The van der Waals surface area contributed by atoms with Crippen molar-refractivity contribution in [2.45, 2.75) is 117 Å². The van der Waals surface area contributed by atoms with Crippen molar-refractivity contribution in [3.63, 3.8) is 0 Å². The van der Waals surface area contributed by atoms with Gasteiger partial charge in [0.15, 0.2) is 0 Å². The van der Waals surface area contributed by atoms with Crippen molar-refractivity contribution in [3.05, 3.63) is 225 Å². The number of rotatable bonds is 14. The molecule has 0 amide bonds. The number of hydrogen-bond acceptors (Lipinski definition) is 2. The zero-order valence-corrected chi connectivity index (χ0v) is 53.9. The molecule has 0 saturated heterocycles. The van der Waals surface area contributed by atoms with Crippen LogP contribution in [0, 0.1) is 70.3 Å². The van der Waals surface area contributed by atoms with Crippen LogP contribution in [0.4, 0.5) is 0 Å². The largest absolute Gasteiger partial charge is 0.478 e. The molecule has 6 heteroatoms. The van der Waals surface area contributed by atoms with Gasteiger partial charge in [-0.25, -0.2) is 9.59 Å². The molecule has 0 saturated carbocycles. The quantitative estimate of drug-likeness (QED) is 0.0492. The number of carboxylic acid groups (broad SMARTS) is 2. The van der Waals surface area contributed by atoms with E-state index in [1.807, 2.05) is 133 Å². The average molecular weight is 1180 g/mol. The van der Waals surface area contributed by atoms with Gasteiger partial charge in [-0.3, -0.25) is 0 Å². The molecule has 0 aliphatic carbocycles. The molecule has 0 atom stereocenters. The molecule has 9 aromatic carbocycles. The molecule has 4 nitrogen and oxygen atoms in total. The van der Waals surface area contributed by atoms with E-state index >= 15 is 0 Å². The fourth-order valence-corrected chi connectivity index (χ4v) is 11.3. The number of aromatic carboxylic acids is 2. The number of fused-ring (bicyclic) bond motifs is 2. The van der Waals surface area contributed by atoms with E-state index in [0.717, 1.165) is 140 Å². The molecular formula is C82H74O4Si2. The van der Waals surface area contributed by atoms with E-state index in [-0.39, 0.29) is 11.1 Å². The minimum atomic E-state index is -1.57. The third-order valence-corrected chi connectivity index (χ3v) is 16.7. The van der Waals surface area contributed by atoms with Crippen LogP contribution in [0.3, 0.4) is 0 Å². The van der Waals surface area contributed by atoms with Crippen molar-refractivity contribution >= 4 is 49.6 Å². The van der Waals surface area contributed by atoms with Gasteiger partial charge in [0.2, 0.25) is 0 Å². The van der Waals surface area contributed by atoms with Crippen LogP contribution in [0.2, 0.25) is 39.3 Å². The smallest absolute Gasteiger partial charge is 0.336 e. The summed E-state index contributed by atoms with van der Waals surface area (Å²) in [4.78, 5) is 26.4. The van der Waals surface area contributed by atoms with Crippen molar-refractivity contribution in [1.82, 2.24) is 0 Å². The standard InChI is InChI=1S/C82H74O4Si2/c1-9-11-13-15-17-19-21-65-53-75(79(81(83)84)77(55-65)69-41-31-61(32-42-69)47-49-87(3,4)5)67-37-27-59(28-38-67)23-25-63-35-45-71-58-74-52-64(36-46-72(74)57-73(71)51-63)26-24-60-29-39-68(40-30-60)76-54-66(22-20-18-16-14-12-10-2)56-78(80(76)82(85)86)70-43-33-62(34-44-70)48-50-88(6,7)8/h27-46,51-58H,9-18H2,1-8H3,(H,83,84)(H,85,86). The second-order valence-corrected chi connectivity index (χ2v) is 34.0. The number of hydrogen-bond donors (Lipinski definition) is 2. The first-order chi connectivity index (χ1) is 42.4. The number of carboxylic acids is 2. The average Bonchev–Trinajstić information content (AvgIpc) is 1.09. The zero-order valence-electron chi connectivity index (χ0n) is 51.9. The fraction of sp³-hybridized carbons (Fsp3) is 0.220. The normalized spacial score (nSPS) is 10.8. The number of benzene rings is 9. The summed E-state index contributed by atoms with van der Waals surface area (Å²) in [5, 5.41) is 25.9. The SMILES string of the molecule is CCCCCCC#Cc1cc(-c2ccc(C#Cc3ccc4cc5cc(C#Cc6ccc(-c7cc(C#CCCCCCC)cc(-c8ccc(C#C[Si](C)(C)C)cc8)c7C(=O)O)cc6)ccc5cc4c3)cc2)c(C(=O)O)c(-c2ccc(C#C[Si](C)(C)C)cc2)c1. The summed E-state index contributed by atoms with van der Waals surface area (Å²) in [6.07, 6.45) is 10.6. The first-order valence-electron chi connectivity index (χ1n) is 30.7. The summed E-state index contributed by atoms with van der Waals surface area (Å²) in [7, 11) is -3.15. The lowest BCUT2D eigenvalue weighted by molar-refractivity contribution is 0.0687. The van der Waals surface area contributed by atoms with Crippen LogP contribution >= 0.6 is 0 Å². The molecule has 0 spiro atoms. The summed E-state index contributed by atoms with van der Waals surface area (Å²) < 4.78 is 0. The highest BCUT2D eigenvalue weighted by Crippen LogP contribution is 2.37. The molecule has 0 aromatic heterocycles. The highest BCUT2D eigenvalue weighted by atomic mass is 28.3. The molecule has 88 heavy (non-hydrogen) atoms. The van der Waals surface area contributed by atoms with Crippen molar-refractivity contribution in [3.8, 4) is 115 Å². The predicted octanol–water partition coefficient (Wildman–Crippen LogP) is 20.0. The summed E-state index contributed by atoms with van der Waals surface area (Å²) >= 11 is 0. The number of unbranched alkanes of at least 4 members (excludes halogenated alkanes) is 8. The topological polar surface area (TPSA) is 74.6 Å². The Kier molecular flexibility index (Phi) is 20.7. The van der Waals surface area contributed by atoms with Crippen LogP contribution in [0.25, 0.3) is 66.1 Å². The summed E-state index contributed by atoms with van der Waals surface area (Å²) in [5.74, 6) is 31.5. The Hall–Kier alpha value is -9.77. The molecular weight excluding hydrogens is 1110 g/mol. The van der Waals surface area contributed by atoms with Crippen LogP contribution in [0.5, 0.6) is 0 Å². The van der Waals surface area contributed by atoms with E-state index in [9.17, 15) is 19.8 Å². The van der Waals surface area contributed by atoms with E-state index in [1.165, 1.54) is 12.8 Å². The molecule has 434 valence electrons. The Morgan fingerprint density at radius 3 is 0.909 bits per heavy atom. The predicted molar refractivity (Wildman–Crippen MR) is 374 cm³/mol. The maximum Gasteiger partial charge on any atom is 0.336 e. The molecule has 9 aromatic rings. The Morgan fingerprint density at radius 2 is 0.614 bits per heavy atom. The lowest BCUT2D eigenvalue weighted by atomic mass is 9.89. The van der Waals surface area contributed by atoms with Crippen LogP contribution in [-0.2, 0) is 0 Å². The minimum absolute atomic E-state index is 0.228. The second kappa shape index (κ2) is 29.1. The highest BCUT2D eigenvalue weighted by molar-refractivity contribution is 6.84. The van der Waals surface area contributed by atoms with E-state index in [4.69, 9.17) is 0 Å². The minimum Gasteiger partial charge on any atom is -0.478 e. The fourth-order valence-electron chi connectivity index (χ4n) is 10.3. The third-order valence-electron chi connectivity index (χ3n) is 14.9. The van der Waals surface area contributed by atoms with Crippen LogP contribution in [-0.4, -0.2) is 38.3 Å². The van der Waals surface area contributed by atoms with Crippen LogP contribution < -0.4 is 0 Å². The van der Waals surface area contributed by atoms with Gasteiger partial charge in [0, 0.05) is 57.3 Å². The Bertz CT molecular complexity index is 4190. The monoisotopic (exact) mass is 1180 g/mol. The molecule has 0 bridgehead atoms. The van der Waals surface area contributed by atoms with Gasteiger partial charge in [-0.15, -0.1) is 11.1 Å². The molecule has 0 fully saturated rings. The Labute approximate surface area is 523 Å². The molecule has 0 aliphatic rings. The molecule has 0 radical (unpaired) electrons. The number of carbonyl (C=O) groups is 2. The van der Waals surface area contributed by atoms with Crippen molar-refractivity contribution in [2.24, 2.45) is 0 Å². The summed E-state index contributed by atoms with van der Waals surface area (Å²) in [5.41, 5.74) is 19.6. The first kappa shape index (κ1) is 62.8. The van der Waals surface area contributed by atoms with Gasteiger partial charge in [-0.1, -0.05) is 212 Å². The van der Waals surface area contributed by atoms with Crippen LogP contribution in [0.15, 0.2) is 170 Å². The maximum absolute atomic E-state index is 13.2. The van der Waals surface area contributed by atoms with E-state index in [0.29, 0.717) is 22.3 Å². The van der Waals surface area contributed by atoms with E-state index in [2.05, 4.69) is 160 Å². The second-order valence-electron chi connectivity index (χ2n) is 24.5. The summed E-state index contributed by atoms with van der Waals surface area (Å²) in [6.45, 7) is 17.7. The molecule has 0 unspecified atom stereocenters. The molecule has 2 N–H and O–H groups in total. The lowest BCUT2D eigenvalue weighted by Crippen LogP contribution is -2.16. The van der Waals surface area contributed by atoms with Gasteiger partial charge >= 0.3 is 11.9 Å².